The Morgan fingerprint density at radius 3 is 2.68 bits per heavy atom. The van der Waals surface area contributed by atoms with E-state index in [-0.39, 0.29) is 12.5 Å². The molecule has 0 fully saturated rings. The number of carbonyl (C=O) groups excluding carboxylic acids is 1. The second kappa shape index (κ2) is 8.50. The summed E-state index contributed by atoms with van der Waals surface area (Å²) in [5.74, 6) is 0.603. The SMILES string of the molecule is CC(CNC(=O)COc1ccc(Br)cc1)N1CCc2ccccc2C1. The van der Waals surface area contributed by atoms with Crippen LogP contribution < -0.4 is 10.1 Å². The van der Waals surface area contributed by atoms with E-state index in [9.17, 15) is 4.79 Å². The Labute approximate surface area is 157 Å². The van der Waals surface area contributed by atoms with Crippen LogP contribution in [0.4, 0.5) is 0 Å². The van der Waals surface area contributed by atoms with Crippen molar-refractivity contribution in [2.24, 2.45) is 0 Å². The molecule has 2 aromatic rings. The molecule has 1 heterocycles. The highest BCUT2D eigenvalue weighted by atomic mass is 79.9. The average molecular weight is 403 g/mol. The van der Waals surface area contributed by atoms with Gasteiger partial charge in [0.05, 0.1) is 0 Å². The Morgan fingerprint density at radius 2 is 1.92 bits per heavy atom. The monoisotopic (exact) mass is 402 g/mol. The van der Waals surface area contributed by atoms with Gasteiger partial charge in [-0.15, -0.1) is 0 Å². The van der Waals surface area contributed by atoms with E-state index in [0.717, 1.165) is 24.0 Å². The lowest BCUT2D eigenvalue weighted by Gasteiger charge is -2.33. The fraction of sp³-hybridized carbons (Fsp3) is 0.350. The molecule has 1 aliphatic heterocycles. The molecule has 4 nitrogen and oxygen atoms in total. The van der Waals surface area contributed by atoms with Gasteiger partial charge in [0.25, 0.3) is 5.91 Å². The van der Waals surface area contributed by atoms with Crippen molar-refractivity contribution in [3.8, 4) is 5.75 Å². The molecule has 1 aliphatic rings. The highest BCUT2D eigenvalue weighted by Gasteiger charge is 2.20. The van der Waals surface area contributed by atoms with Crippen molar-refractivity contribution in [2.75, 3.05) is 19.7 Å². The van der Waals surface area contributed by atoms with E-state index in [1.807, 2.05) is 24.3 Å². The van der Waals surface area contributed by atoms with Crippen LogP contribution in [0.5, 0.6) is 5.75 Å². The number of benzene rings is 2. The van der Waals surface area contributed by atoms with Crippen LogP contribution in [-0.2, 0) is 17.8 Å². The number of nitrogens with zero attached hydrogens (tertiary/aromatic N) is 1. The predicted octanol–water partition coefficient (Wildman–Crippen LogP) is 3.39. The zero-order valence-corrected chi connectivity index (χ0v) is 16.0. The van der Waals surface area contributed by atoms with Crippen molar-refractivity contribution >= 4 is 21.8 Å². The molecule has 5 heteroatoms. The van der Waals surface area contributed by atoms with E-state index < -0.39 is 0 Å². The lowest BCUT2D eigenvalue weighted by atomic mass is 9.99. The fourth-order valence-electron chi connectivity index (χ4n) is 3.02. The Hall–Kier alpha value is -1.85. The average Bonchev–Trinajstić information content (AvgIpc) is 2.65. The number of halogens is 1. The van der Waals surface area contributed by atoms with Crippen LogP contribution in [0.2, 0.25) is 0 Å². The van der Waals surface area contributed by atoms with Crippen molar-refractivity contribution < 1.29 is 9.53 Å². The van der Waals surface area contributed by atoms with Gasteiger partial charge in [0.2, 0.25) is 0 Å². The molecule has 1 amide bonds. The number of fused-ring (bicyclic) bond motifs is 1. The van der Waals surface area contributed by atoms with E-state index >= 15 is 0 Å². The van der Waals surface area contributed by atoms with Crippen LogP contribution in [0.15, 0.2) is 53.0 Å². The summed E-state index contributed by atoms with van der Waals surface area (Å²) < 4.78 is 6.49. The Kier molecular flexibility index (Phi) is 6.10. The number of carbonyl (C=O) groups is 1. The summed E-state index contributed by atoms with van der Waals surface area (Å²) in [5, 5.41) is 2.97. The topological polar surface area (TPSA) is 41.6 Å². The second-order valence-electron chi connectivity index (χ2n) is 6.38. The molecule has 1 unspecified atom stereocenters. The van der Waals surface area contributed by atoms with Crippen molar-refractivity contribution in [3.63, 3.8) is 0 Å². The summed E-state index contributed by atoms with van der Waals surface area (Å²) in [6.07, 6.45) is 1.07. The lowest BCUT2D eigenvalue weighted by molar-refractivity contribution is -0.123. The molecule has 0 saturated heterocycles. The molecule has 0 aliphatic carbocycles. The molecule has 2 aromatic carbocycles. The second-order valence-corrected chi connectivity index (χ2v) is 7.30. The van der Waals surface area contributed by atoms with Crippen LogP contribution in [0.1, 0.15) is 18.1 Å². The largest absolute Gasteiger partial charge is 0.484 e. The summed E-state index contributed by atoms with van der Waals surface area (Å²) in [5.41, 5.74) is 2.84. The minimum atomic E-state index is -0.0906. The van der Waals surface area contributed by atoms with Gasteiger partial charge in [-0.3, -0.25) is 9.69 Å². The molecule has 0 saturated carbocycles. The number of amides is 1. The maximum atomic E-state index is 12.0. The first kappa shape index (κ1) is 18.0. The zero-order chi connectivity index (χ0) is 17.6. The van der Waals surface area contributed by atoms with Gasteiger partial charge in [-0.2, -0.15) is 0 Å². The van der Waals surface area contributed by atoms with Crippen LogP contribution >= 0.6 is 15.9 Å². The lowest BCUT2D eigenvalue weighted by Crippen LogP contribution is -2.45. The number of hydrogen-bond donors (Lipinski definition) is 1. The minimum Gasteiger partial charge on any atom is -0.484 e. The van der Waals surface area contributed by atoms with Gasteiger partial charge in [0.15, 0.2) is 6.61 Å². The minimum absolute atomic E-state index is 0.0389. The number of rotatable bonds is 6. The molecular formula is C20H23BrN2O2. The van der Waals surface area contributed by atoms with Gasteiger partial charge in [-0.25, -0.2) is 0 Å². The van der Waals surface area contributed by atoms with Crippen LogP contribution in [0.3, 0.4) is 0 Å². The fourth-order valence-corrected chi connectivity index (χ4v) is 3.28. The van der Waals surface area contributed by atoms with Crippen LogP contribution in [0, 0.1) is 0 Å². The first-order valence-electron chi connectivity index (χ1n) is 8.58. The summed E-state index contributed by atoms with van der Waals surface area (Å²) in [6.45, 7) is 4.80. The first-order valence-corrected chi connectivity index (χ1v) is 9.37. The van der Waals surface area contributed by atoms with Gasteiger partial charge in [-0.05, 0) is 48.7 Å². The zero-order valence-electron chi connectivity index (χ0n) is 14.4. The Balaban J connectivity index is 1.42. The number of hydrogen-bond acceptors (Lipinski definition) is 3. The molecule has 1 atom stereocenters. The third-order valence-corrected chi connectivity index (χ3v) is 5.09. The maximum Gasteiger partial charge on any atom is 0.257 e. The van der Waals surface area contributed by atoms with E-state index in [4.69, 9.17) is 4.74 Å². The Bertz CT molecular complexity index is 718. The molecular weight excluding hydrogens is 380 g/mol. The van der Waals surface area contributed by atoms with Gasteiger partial charge in [-0.1, -0.05) is 40.2 Å². The summed E-state index contributed by atoms with van der Waals surface area (Å²) in [7, 11) is 0. The third kappa shape index (κ3) is 5.06. The summed E-state index contributed by atoms with van der Waals surface area (Å²) >= 11 is 3.37. The van der Waals surface area contributed by atoms with Gasteiger partial charge in [0, 0.05) is 30.1 Å². The highest BCUT2D eigenvalue weighted by Crippen LogP contribution is 2.20. The van der Waals surface area contributed by atoms with E-state index in [2.05, 4.69) is 57.3 Å². The first-order chi connectivity index (χ1) is 12.1. The highest BCUT2D eigenvalue weighted by molar-refractivity contribution is 9.10. The van der Waals surface area contributed by atoms with Crippen molar-refractivity contribution in [1.82, 2.24) is 10.2 Å². The molecule has 25 heavy (non-hydrogen) atoms. The van der Waals surface area contributed by atoms with Crippen LogP contribution in [0.25, 0.3) is 0 Å². The standard InChI is InChI=1S/C20H23BrN2O2/c1-15(23-11-10-16-4-2-3-5-17(16)13-23)12-22-20(24)14-25-19-8-6-18(21)7-9-19/h2-9,15H,10-14H2,1H3,(H,22,24). The van der Waals surface area contributed by atoms with Crippen LogP contribution in [-0.4, -0.2) is 36.5 Å². The summed E-state index contributed by atoms with van der Waals surface area (Å²) in [4.78, 5) is 14.4. The quantitative estimate of drug-likeness (QED) is 0.804. The van der Waals surface area contributed by atoms with Crippen molar-refractivity contribution in [3.05, 3.63) is 64.1 Å². The van der Waals surface area contributed by atoms with E-state index in [1.54, 1.807) is 0 Å². The molecule has 1 N–H and O–H groups in total. The predicted molar refractivity (Wildman–Crippen MR) is 103 cm³/mol. The van der Waals surface area contributed by atoms with Gasteiger partial charge in [0.1, 0.15) is 5.75 Å². The molecule has 0 radical (unpaired) electrons. The molecule has 0 bridgehead atoms. The van der Waals surface area contributed by atoms with Crippen molar-refractivity contribution in [2.45, 2.75) is 25.9 Å². The van der Waals surface area contributed by atoms with Crippen molar-refractivity contribution in [1.29, 1.82) is 0 Å². The van der Waals surface area contributed by atoms with Gasteiger partial charge < -0.3 is 10.1 Å². The summed E-state index contributed by atoms with van der Waals surface area (Å²) in [6, 6.07) is 16.4. The maximum absolute atomic E-state index is 12.0. The van der Waals surface area contributed by atoms with E-state index in [1.165, 1.54) is 11.1 Å². The molecule has 0 aromatic heterocycles. The number of ether oxygens (including phenoxy) is 1. The Morgan fingerprint density at radius 1 is 1.20 bits per heavy atom. The molecule has 3 rings (SSSR count). The smallest absolute Gasteiger partial charge is 0.257 e. The van der Waals surface area contributed by atoms with E-state index in [0.29, 0.717) is 18.3 Å². The van der Waals surface area contributed by atoms with Gasteiger partial charge >= 0.3 is 0 Å². The third-order valence-electron chi connectivity index (χ3n) is 4.56. The number of nitrogens with one attached hydrogen (secondary N) is 1. The molecule has 0 spiro atoms. The molecule has 132 valence electrons. The normalized spacial score (nSPS) is 15.3.